The van der Waals surface area contributed by atoms with E-state index in [1.54, 1.807) is 66.7 Å². The van der Waals surface area contributed by atoms with Gasteiger partial charge in [-0.05, 0) is 77.8 Å². The highest BCUT2D eigenvalue weighted by Crippen LogP contribution is 2.44. The van der Waals surface area contributed by atoms with Gasteiger partial charge in [0, 0.05) is 17.3 Å². The summed E-state index contributed by atoms with van der Waals surface area (Å²) in [5.74, 6) is -0.0843. The molecule has 4 rings (SSSR count). The van der Waals surface area contributed by atoms with Gasteiger partial charge >= 0.3 is 0 Å². The third-order valence-corrected chi connectivity index (χ3v) is 6.38. The van der Waals surface area contributed by atoms with E-state index in [-0.39, 0.29) is 11.3 Å². The number of nitrogens with zero attached hydrogens (tertiary/aromatic N) is 1. The van der Waals surface area contributed by atoms with Crippen LogP contribution in [0, 0.1) is 0 Å². The molecule has 0 spiro atoms. The first kappa shape index (κ1) is 25.3. The Kier molecular flexibility index (Phi) is 7.64. The standard InChI is InChI=1S/C28H26BrNO6/c1-4-35-20-10-6-8-17(14-20)25-24(26(31)18-12-13-23(34-3)22(29)15-18)27(32)28(33)30(25)19-9-7-11-21(16-19)36-5-2/h6-16,25,31H,4-5H2,1-3H3/b26-24+. The topological polar surface area (TPSA) is 85.3 Å². The number of halogens is 1. The Morgan fingerprint density at radius 3 is 2.25 bits per heavy atom. The maximum Gasteiger partial charge on any atom is 0.300 e. The average molecular weight is 552 g/mol. The molecular weight excluding hydrogens is 526 g/mol. The van der Waals surface area contributed by atoms with Gasteiger partial charge in [-0.15, -0.1) is 0 Å². The van der Waals surface area contributed by atoms with Crippen LogP contribution in [0.3, 0.4) is 0 Å². The highest BCUT2D eigenvalue weighted by molar-refractivity contribution is 9.10. The molecule has 1 fully saturated rings. The molecule has 1 unspecified atom stereocenters. The number of Topliss-reactive ketones (excluding diaryl/α,β-unsaturated/α-hetero) is 1. The summed E-state index contributed by atoms with van der Waals surface area (Å²) in [5, 5.41) is 11.4. The van der Waals surface area contributed by atoms with Crippen LogP contribution in [0.25, 0.3) is 5.76 Å². The lowest BCUT2D eigenvalue weighted by Gasteiger charge is -2.26. The van der Waals surface area contributed by atoms with Crippen LogP contribution in [0.1, 0.15) is 31.0 Å². The van der Waals surface area contributed by atoms with Crippen molar-refractivity contribution in [3.05, 3.63) is 87.9 Å². The van der Waals surface area contributed by atoms with Crippen LogP contribution >= 0.6 is 15.9 Å². The van der Waals surface area contributed by atoms with Crippen LogP contribution in [0.15, 0.2) is 76.8 Å². The average Bonchev–Trinajstić information content (AvgIpc) is 3.14. The molecule has 3 aromatic carbocycles. The first-order valence-electron chi connectivity index (χ1n) is 11.5. The van der Waals surface area contributed by atoms with E-state index < -0.39 is 17.7 Å². The lowest BCUT2D eigenvalue weighted by atomic mass is 9.95. The summed E-state index contributed by atoms with van der Waals surface area (Å²) in [6, 6.07) is 18.2. The smallest absolute Gasteiger partial charge is 0.300 e. The van der Waals surface area contributed by atoms with Gasteiger partial charge in [0.05, 0.1) is 36.4 Å². The minimum absolute atomic E-state index is 0.0208. The van der Waals surface area contributed by atoms with Gasteiger partial charge < -0.3 is 19.3 Å². The molecule has 0 saturated carbocycles. The van der Waals surface area contributed by atoms with Crippen molar-refractivity contribution in [3.63, 3.8) is 0 Å². The maximum atomic E-state index is 13.4. The van der Waals surface area contributed by atoms with E-state index >= 15 is 0 Å². The number of ether oxygens (including phenoxy) is 3. The molecule has 0 aliphatic carbocycles. The summed E-state index contributed by atoms with van der Waals surface area (Å²) >= 11 is 3.42. The summed E-state index contributed by atoms with van der Waals surface area (Å²) in [6.45, 7) is 4.65. The summed E-state index contributed by atoms with van der Waals surface area (Å²) in [4.78, 5) is 28.2. The Balaban J connectivity index is 1.93. The van der Waals surface area contributed by atoms with Crippen molar-refractivity contribution in [2.45, 2.75) is 19.9 Å². The van der Waals surface area contributed by atoms with Crippen LogP contribution in [-0.2, 0) is 9.59 Å². The number of anilines is 1. The number of hydrogen-bond donors (Lipinski definition) is 1. The number of hydrogen-bond acceptors (Lipinski definition) is 6. The van der Waals surface area contributed by atoms with Gasteiger partial charge in [-0.3, -0.25) is 14.5 Å². The van der Waals surface area contributed by atoms with E-state index in [2.05, 4.69) is 15.9 Å². The van der Waals surface area contributed by atoms with Gasteiger partial charge in [0.25, 0.3) is 11.7 Å². The Labute approximate surface area is 218 Å². The molecule has 0 bridgehead atoms. The zero-order chi connectivity index (χ0) is 25.8. The largest absolute Gasteiger partial charge is 0.507 e. The van der Waals surface area contributed by atoms with E-state index in [9.17, 15) is 14.7 Å². The molecule has 1 N–H and O–H groups in total. The van der Waals surface area contributed by atoms with E-state index in [1.165, 1.54) is 12.0 Å². The lowest BCUT2D eigenvalue weighted by molar-refractivity contribution is -0.132. The molecule has 186 valence electrons. The van der Waals surface area contributed by atoms with Gasteiger partial charge in [-0.2, -0.15) is 0 Å². The number of ketones is 1. The van der Waals surface area contributed by atoms with Gasteiger partial charge in [-0.25, -0.2) is 0 Å². The molecule has 1 atom stereocenters. The number of rotatable bonds is 8. The first-order valence-corrected chi connectivity index (χ1v) is 12.3. The van der Waals surface area contributed by atoms with Crippen molar-refractivity contribution >= 4 is 39.1 Å². The van der Waals surface area contributed by atoms with Gasteiger partial charge in [-0.1, -0.05) is 18.2 Å². The fourth-order valence-electron chi connectivity index (χ4n) is 4.21. The van der Waals surface area contributed by atoms with Gasteiger partial charge in [0.2, 0.25) is 0 Å². The minimum Gasteiger partial charge on any atom is -0.507 e. The normalized spacial score (nSPS) is 16.8. The molecule has 36 heavy (non-hydrogen) atoms. The number of methoxy groups -OCH3 is 1. The molecule has 7 nitrogen and oxygen atoms in total. The molecule has 1 amide bonds. The Bertz CT molecular complexity index is 1340. The number of amides is 1. The number of aliphatic hydroxyl groups is 1. The highest BCUT2D eigenvalue weighted by atomic mass is 79.9. The number of carbonyl (C=O) groups excluding carboxylic acids is 2. The molecule has 0 radical (unpaired) electrons. The van der Waals surface area contributed by atoms with Crippen molar-refractivity contribution < 1.29 is 28.9 Å². The summed E-state index contributed by atoms with van der Waals surface area (Å²) in [7, 11) is 1.53. The molecular formula is C28H26BrNO6. The van der Waals surface area contributed by atoms with Crippen LogP contribution in [0.5, 0.6) is 17.2 Å². The number of benzene rings is 3. The van der Waals surface area contributed by atoms with Crippen molar-refractivity contribution in [1.29, 1.82) is 0 Å². The molecule has 1 heterocycles. The molecule has 8 heteroatoms. The molecule has 1 aliphatic rings. The zero-order valence-electron chi connectivity index (χ0n) is 20.2. The van der Waals surface area contributed by atoms with Crippen LogP contribution in [-0.4, -0.2) is 37.1 Å². The second kappa shape index (κ2) is 10.9. The van der Waals surface area contributed by atoms with Gasteiger partial charge in [0.15, 0.2) is 0 Å². The van der Waals surface area contributed by atoms with Crippen LogP contribution in [0.4, 0.5) is 5.69 Å². The summed E-state index contributed by atoms with van der Waals surface area (Å²) in [5.41, 5.74) is 1.45. The predicted molar refractivity (Wildman–Crippen MR) is 141 cm³/mol. The minimum atomic E-state index is -0.886. The fourth-order valence-corrected chi connectivity index (χ4v) is 4.75. The monoisotopic (exact) mass is 551 g/mol. The molecule has 0 aromatic heterocycles. The lowest BCUT2D eigenvalue weighted by Crippen LogP contribution is -2.29. The van der Waals surface area contributed by atoms with E-state index in [1.807, 2.05) is 13.8 Å². The van der Waals surface area contributed by atoms with E-state index in [4.69, 9.17) is 14.2 Å². The van der Waals surface area contributed by atoms with E-state index in [0.717, 1.165) is 0 Å². The highest BCUT2D eigenvalue weighted by Gasteiger charge is 2.47. The van der Waals surface area contributed by atoms with Crippen molar-refractivity contribution in [2.24, 2.45) is 0 Å². The molecule has 1 saturated heterocycles. The SMILES string of the molecule is CCOc1cccc(C2/C(=C(\O)c3ccc(OC)c(Br)c3)C(=O)C(=O)N2c2cccc(OCC)c2)c1. The van der Waals surface area contributed by atoms with E-state index in [0.29, 0.717) is 51.7 Å². The van der Waals surface area contributed by atoms with Crippen molar-refractivity contribution in [2.75, 3.05) is 25.2 Å². The van der Waals surface area contributed by atoms with Crippen LogP contribution in [0.2, 0.25) is 0 Å². The van der Waals surface area contributed by atoms with Crippen molar-refractivity contribution in [3.8, 4) is 17.2 Å². The van der Waals surface area contributed by atoms with Crippen molar-refractivity contribution in [1.82, 2.24) is 0 Å². The van der Waals surface area contributed by atoms with Gasteiger partial charge in [0.1, 0.15) is 23.0 Å². The number of carbonyl (C=O) groups is 2. The molecule has 3 aromatic rings. The fraction of sp³-hybridized carbons (Fsp3) is 0.214. The zero-order valence-corrected chi connectivity index (χ0v) is 21.7. The predicted octanol–water partition coefficient (Wildman–Crippen LogP) is 5.88. The summed E-state index contributed by atoms with van der Waals surface area (Å²) < 4.78 is 17.2. The second-order valence-corrected chi connectivity index (χ2v) is 8.81. The second-order valence-electron chi connectivity index (χ2n) is 7.95. The Hall–Kier alpha value is -3.78. The maximum absolute atomic E-state index is 13.4. The first-order chi connectivity index (χ1) is 17.4. The number of aliphatic hydroxyl groups excluding tert-OH is 1. The Morgan fingerprint density at radius 1 is 0.944 bits per heavy atom. The van der Waals surface area contributed by atoms with Crippen LogP contribution < -0.4 is 19.1 Å². The summed E-state index contributed by atoms with van der Waals surface area (Å²) in [6.07, 6.45) is 0. The third kappa shape index (κ3) is 4.81. The quantitative estimate of drug-likeness (QED) is 0.214. The molecule has 1 aliphatic heterocycles. The Morgan fingerprint density at radius 2 is 1.61 bits per heavy atom. The third-order valence-electron chi connectivity index (χ3n) is 5.76.